The van der Waals surface area contributed by atoms with E-state index in [4.69, 9.17) is 11.6 Å². The van der Waals surface area contributed by atoms with Gasteiger partial charge in [0.15, 0.2) is 5.78 Å². The van der Waals surface area contributed by atoms with E-state index >= 15 is 0 Å². The molecule has 0 heterocycles. The van der Waals surface area contributed by atoms with Crippen LogP contribution in [0.1, 0.15) is 12.5 Å². The molecule has 0 bridgehead atoms. The quantitative estimate of drug-likeness (QED) is 0.766. The summed E-state index contributed by atoms with van der Waals surface area (Å²) in [4.78, 5) is 11.3. The number of hydrogen-bond acceptors (Lipinski definition) is 1. The highest BCUT2D eigenvalue weighted by Gasteiger charge is 2.04. The lowest BCUT2D eigenvalue weighted by molar-refractivity contribution is -0.114. The summed E-state index contributed by atoms with van der Waals surface area (Å²) in [6.45, 7) is 1.82. The molecule has 1 nitrogen and oxygen atoms in total. The second kappa shape index (κ2) is 5.32. The Bertz CT molecular complexity index is 372. The molecule has 1 aromatic rings. The zero-order chi connectivity index (χ0) is 10.6. The summed E-state index contributed by atoms with van der Waals surface area (Å²) in [7, 11) is 0. The minimum Gasteiger partial charge on any atom is -0.294 e. The predicted molar refractivity (Wildman–Crippen MR) is 62.7 cm³/mol. The van der Waals surface area contributed by atoms with Gasteiger partial charge in [-0.05, 0) is 30.7 Å². The SMILES string of the molecule is C/C=C/C(=O)Cc1ccc(Br)cc1Cl. The molecular weight excluding hydrogens is 263 g/mol. The molecule has 0 radical (unpaired) electrons. The van der Waals surface area contributed by atoms with E-state index < -0.39 is 0 Å². The van der Waals surface area contributed by atoms with E-state index in [0.29, 0.717) is 11.4 Å². The van der Waals surface area contributed by atoms with Crippen molar-refractivity contribution in [2.45, 2.75) is 13.3 Å². The Kier molecular flexibility index (Phi) is 4.36. The lowest BCUT2D eigenvalue weighted by Gasteiger charge is -2.01. The van der Waals surface area contributed by atoms with Crippen LogP contribution in [0.5, 0.6) is 0 Å². The van der Waals surface area contributed by atoms with Crippen LogP contribution < -0.4 is 0 Å². The van der Waals surface area contributed by atoms with Crippen LogP contribution in [0.4, 0.5) is 0 Å². The van der Waals surface area contributed by atoms with Gasteiger partial charge in [-0.25, -0.2) is 0 Å². The van der Waals surface area contributed by atoms with Crippen molar-refractivity contribution in [2.75, 3.05) is 0 Å². The number of halogens is 2. The van der Waals surface area contributed by atoms with Gasteiger partial charge >= 0.3 is 0 Å². The first kappa shape index (κ1) is 11.5. The van der Waals surface area contributed by atoms with Crippen molar-refractivity contribution in [1.82, 2.24) is 0 Å². The molecule has 0 saturated carbocycles. The first-order valence-corrected chi connectivity index (χ1v) is 5.40. The molecule has 0 aliphatic rings. The Morgan fingerprint density at radius 3 is 2.86 bits per heavy atom. The maximum absolute atomic E-state index is 11.3. The average Bonchev–Trinajstić information content (AvgIpc) is 2.10. The molecule has 74 valence electrons. The molecule has 14 heavy (non-hydrogen) atoms. The molecule has 1 rings (SSSR count). The maximum Gasteiger partial charge on any atom is 0.159 e. The van der Waals surface area contributed by atoms with Crippen molar-refractivity contribution >= 4 is 33.3 Å². The first-order valence-electron chi connectivity index (χ1n) is 4.23. The highest BCUT2D eigenvalue weighted by Crippen LogP contribution is 2.21. The Hall–Kier alpha value is -0.600. The highest BCUT2D eigenvalue weighted by atomic mass is 79.9. The topological polar surface area (TPSA) is 17.1 Å². The van der Waals surface area contributed by atoms with E-state index in [-0.39, 0.29) is 5.78 Å². The van der Waals surface area contributed by atoms with Crippen molar-refractivity contribution in [3.63, 3.8) is 0 Å². The summed E-state index contributed by atoms with van der Waals surface area (Å²) in [6.07, 6.45) is 3.64. The Balaban J connectivity index is 2.82. The number of benzene rings is 1. The van der Waals surface area contributed by atoms with E-state index in [2.05, 4.69) is 15.9 Å². The zero-order valence-corrected chi connectivity index (χ0v) is 10.1. The van der Waals surface area contributed by atoms with Crippen molar-refractivity contribution in [2.24, 2.45) is 0 Å². The van der Waals surface area contributed by atoms with Crippen LogP contribution in [-0.4, -0.2) is 5.78 Å². The molecule has 0 aromatic heterocycles. The second-order valence-electron chi connectivity index (χ2n) is 2.88. The number of ketones is 1. The fourth-order valence-electron chi connectivity index (χ4n) is 1.10. The average molecular weight is 274 g/mol. The number of hydrogen-bond donors (Lipinski definition) is 0. The summed E-state index contributed by atoms with van der Waals surface area (Å²) >= 11 is 9.28. The molecule has 0 spiro atoms. The van der Waals surface area contributed by atoms with Crippen molar-refractivity contribution in [3.8, 4) is 0 Å². The monoisotopic (exact) mass is 272 g/mol. The van der Waals surface area contributed by atoms with Gasteiger partial charge in [-0.3, -0.25) is 4.79 Å². The molecule has 0 saturated heterocycles. The molecule has 0 fully saturated rings. The smallest absolute Gasteiger partial charge is 0.159 e. The maximum atomic E-state index is 11.3. The fraction of sp³-hybridized carbons (Fsp3) is 0.182. The van der Waals surface area contributed by atoms with Gasteiger partial charge in [0.1, 0.15) is 0 Å². The van der Waals surface area contributed by atoms with E-state index in [0.717, 1.165) is 10.0 Å². The fourth-order valence-corrected chi connectivity index (χ4v) is 1.84. The summed E-state index contributed by atoms with van der Waals surface area (Å²) in [5, 5.41) is 0.622. The minimum atomic E-state index is 0.0664. The van der Waals surface area contributed by atoms with Gasteiger partial charge in [0, 0.05) is 15.9 Å². The summed E-state index contributed by atoms with van der Waals surface area (Å²) in [6, 6.07) is 5.53. The van der Waals surface area contributed by atoms with Gasteiger partial charge in [0.2, 0.25) is 0 Å². The van der Waals surface area contributed by atoms with E-state index in [1.807, 2.05) is 19.1 Å². The van der Waals surface area contributed by atoms with Crippen molar-refractivity contribution in [1.29, 1.82) is 0 Å². The number of allylic oxidation sites excluding steroid dienone is 2. The van der Waals surface area contributed by atoms with Crippen LogP contribution in [0.2, 0.25) is 5.02 Å². The molecule has 0 N–H and O–H groups in total. The van der Waals surface area contributed by atoms with Crippen LogP contribution in [0.15, 0.2) is 34.8 Å². The molecule has 1 aromatic carbocycles. The number of rotatable bonds is 3. The minimum absolute atomic E-state index is 0.0664. The molecule has 0 amide bonds. The zero-order valence-electron chi connectivity index (χ0n) is 7.76. The first-order chi connectivity index (χ1) is 6.63. The molecular formula is C11H10BrClO. The normalized spacial score (nSPS) is 10.8. The highest BCUT2D eigenvalue weighted by molar-refractivity contribution is 9.10. The molecule has 0 aliphatic heterocycles. The third kappa shape index (κ3) is 3.28. The van der Waals surface area contributed by atoms with Gasteiger partial charge in [-0.1, -0.05) is 39.7 Å². The number of carbonyl (C=O) groups excluding carboxylic acids is 1. The van der Waals surface area contributed by atoms with Crippen LogP contribution in [0, 0.1) is 0 Å². The molecule has 0 unspecified atom stereocenters. The van der Waals surface area contributed by atoms with Crippen LogP contribution in [0.3, 0.4) is 0 Å². The van der Waals surface area contributed by atoms with E-state index in [9.17, 15) is 4.79 Å². The van der Waals surface area contributed by atoms with Crippen LogP contribution in [0.25, 0.3) is 0 Å². The molecule has 0 atom stereocenters. The van der Waals surface area contributed by atoms with E-state index in [1.165, 1.54) is 0 Å². The molecule has 0 aliphatic carbocycles. The largest absolute Gasteiger partial charge is 0.294 e. The third-order valence-electron chi connectivity index (χ3n) is 1.73. The number of carbonyl (C=O) groups is 1. The second-order valence-corrected chi connectivity index (χ2v) is 4.20. The van der Waals surface area contributed by atoms with Crippen LogP contribution in [-0.2, 0) is 11.2 Å². The molecule has 3 heteroatoms. The van der Waals surface area contributed by atoms with Crippen molar-refractivity contribution in [3.05, 3.63) is 45.4 Å². The van der Waals surface area contributed by atoms with Gasteiger partial charge in [0.25, 0.3) is 0 Å². The Morgan fingerprint density at radius 1 is 1.57 bits per heavy atom. The Morgan fingerprint density at radius 2 is 2.29 bits per heavy atom. The van der Waals surface area contributed by atoms with Crippen LogP contribution >= 0.6 is 27.5 Å². The van der Waals surface area contributed by atoms with Gasteiger partial charge in [-0.2, -0.15) is 0 Å². The van der Waals surface area contributed by atoms with Gasteiger partial charge in [0.05, 0.1) is 0 Å². The van der Waals surface area contributed by atoms with Gasteiger partial charge in [-0.15, -0.1) is 0 Å². The summed E-state index contributed by atoms with van der Waals surface area (Å²) < 4.78 is 0.921. The van der Waals surface area contributed by atoms with E-state index in [1.54, 1.807) is 18.2 Å². The van der Waals surface area contributed by atoms with Gasteiger partial charge < -0.3 is 0 Å². The van der Waals surface area contributed by atoms with Crippen molar-refractivity contribution < 1.29 is 4.79 Å². The lowest BCUT2D eigenvalue weighted by atomic mass is 10.1. The lowest BCUT2D eigenvalue weighted by Crippen LogP contribution is -1.98. The Labute approximate surface area is 96.9 Å². The predicted octanol–water partition coefficient (Wildman–Crippen LogP) is 3.79. The standard InChI is InChI=1S/C11H10BrClO/c1-2-3-10(14)6-8-4-5-9(12)7-11(8)13/h2-5,7H,6H2,1H3/b3-2+. The third-order valence-corrected chi connectivity index (χ3v) is 2.58. The summed E-state index contributed by atoms with van der Waals surface area (Å²) in [5.41, 5.74) is 0.859. The summed E-state index contributed by atoms with van der Waals surface area (Å²) in [5.74, 6) is 0.0664.